The number of hydrogen-bond acceptors (Lipinski definition) is 4. The SMILES string of the molecule is CC(C)C(NS(=O)(=O)c1ccc2[nH]c(=O)[nH]c2c1)C(=O)O. The van der Waals surface area contributed by atoms with Gasteiger partial charge in [-0.25, -0.2) is 13.2 Å². The van der Waals surface area contributed by atoms with Gasteiger partial charge in [0, 0.05) is 0 Å². The van der Waals surface area contributed by atoms with Crippen LogP contribution in [0.3, 0.4) is 0 Å². The lowest BCUT2D eigenvalue weighted by Gasteiger charge is -2.17. The van der Waals surface area contributed by atoms with E-state index in [9.17, 15) is 18.0 Å². The highest BCUT2D eigenvalue weighted by atomic mass is 32.2. The second kappa shape index (κ2) is 5.34. The van der Waals surface area contributed by atoms with Gasteiger partial charge in [-0.3, -0.25) is 4.79 Å². The van der Waals surface area contributed by atoms with Crippen LogP contribution in [0.25, 0.3) is 11.0 Å². The number of hydrogen-bond donors (Lipinski definition) is 4. The van der Waals surface area contributed by atoms with Crippen molar-refractivity contribution in [1.29, 1.82) is 0 Å². The lowest BCUT2D eigenvalue weighted by Crippen LogP contribution is -2.44. The monoisotopic (exact) mass is 313 g/mol. The van der Waals surface area contributed by atoms with E-state index in [0.29, 0.717) is 11.0 Å². The minimum Gasteiger partial charge on any atom is -0.480 e. The molecule has 1 unspecified atom stereocenters. The summed E-state index contributed by atoms with van der Waals surface area (Å²) in [6.45, 7) is 3.21. The van der Waals surface area contributed by atoms with Crippen molar-refractivity contribution in [2.24, 2.45) is 5.92 Å². The Balaban J connectivity index is 2.41. The normalized spacial score (nSPS) is 13.7. The van der Waals surface area contributed by atoms with Crippen LogP contribution >= 0.6 is 0 Å². The summed E-state index contributed by atoms with van der Waals surface area (Å²) in [7, 11) is -4.00. The number of imidazole rings is 1. The Bertz CT molecular complexity index is 834. The Morgan fingerprint density at radius 2 is 1.86 bits per heavy atom. The van der Waals surface area contributed by atoms with Crippen LogP contribution in [-0.4, -0.2) is 35.5 Å². The predicted molar refractivity (Wildman–Crippen MR) is 75.5 cm³/mol. The van der Waals surface area contributed by atoms with Gasteiger partial charge in [0.2, 0.25) is 10.0 Å². The summed E-state index contributed by atoms with van der Waals surface area (Å²) in [6, 6.07) is 2.78. The molecular formula is C12H15N3O5S. The zero-order chi connectivity index (χ0) is 15.8. The first-order chi connectivity index (χ1) is 9.70. The Morgan fingerprint density at radius 3 is 2.43 bits per heavy atom. The fraction of sp³-hybridized carbons (Fsp3) is 0.333. The van der Waals surface area contributed by atoms with Crippen LogP contribution in [0.1, 0.15) is 13.8 Å². The summed E-state index contributed by atoms with van der Waals surface area (Å²) in [5, 5.41) is 9.05. The first-order valence-corrected chi connectivity index (χ1v) is 7.66. The van der Waals surface area contributed by atoms with Crippen molar-refractivity contribution in [2.75, 3.05) is 0 Å². The molecule has 21 heavy (non-hydrogen) atoms. The van der Waals surface area contributed by atoms with Gasteiger partial charge in [0.05, 0.1) is 15.9 Å². The van der Waals surface area contributed by atoms with Crippen LogP contribution in [0.5, 0.6) is 0 Å². The number of carboxylic acid groups (broad SMARTS) is 1. The van der Waals surface area contributed by atoms with Gasteiger partial charge in [0.15, 0.2) is 0 Å². The largest absolute Gasteiger partial charge is 0.480 e. The van der Waals surface area contributed by atoms with E-state index in [1.807, 2.05) is 0 Å². The molecule has 1 aromatic carbocycles. The molecule has 0 radical (unpaired) electrons. The Kier molecular flexibility index (Phi) is 3.88. The van der Waals surface area contributed by atoms with E-state index in [1.54, 1.807) is 13.8 Å². The predicted octanol–water partition coefficient (Wildman–Crippen LogP) is 0.244. The number of H-pyrrole nitrogens is 2. The molecule has 4 N–H and O–H groups in total. The van der Waals surface area contributed by atoms with Crippen LogP contribution in [0.15, 0.2) is 27.9 Å². The number of carboxylic acids is 1. The number of rotatable bonds is 5. The minimum absolute atomic E-state index is 0.114. The number of benzene rings is 1. The van der Waals surface area contributed by atoms with Crippen molar-refractivity contribution in [1.82, 2.24) is 14.7 Å². The molecule has 8 nitrogen and oxygen atoms in total. The maximum atomic E-state index is 12.2. The molecule has 1 atom stereocenters. The summed E-state index contributed by atoms with van der Waals surface area (Å²) in [4.78, 5) is 27.1. The van der Waals surface area contributed by atoms with Crippen LogP contribution in [0.2, 0.25) is 0 Å². The molecule has 0 aliphatic rings. The third kappa shape index (κ3) is 3.14. The Labute approximate surface area is 120 Å². The number of nitrogens with one attached hydrogen (secondary N) is 3. The van der Waals surface area contributed by atoms with E-state index >= 15 is 0 Å². The van der Waals surface area contributed by atoms with Crippen molar-refractivity contribution < 1.29 is 18.3 Å². The van der Waals surface area contributed by atoms with Crippen molar-refractivity contribution in [3.8, 4) is 0 Å². The van der Waals surface area contributed by atoms with Crippen molar-refractivity contribution >= 4 is 27.0 Å². The number of aliphatic carboxylic acids is 1. The van der Waals surface area contributed by atoms with Crippen LogP contribution < -0.4 is 10.4 Å². The van der Waals surface area contributed by atoms with E-state index < -0.39 is 33.6 Å². The average molecular weight is 313 g/mol. The van der Waals surface area contributed by atoms with Gasteiger partial charge in [-0.15, -0.1) is 0 Å². The van der Waals surface area contributed by atoms with Crippen molar-refractivity contribution in [3.05, 3.63) is 28.7 Å². The zero-order valence-corrected chi connectivity index (χ0v) is 12.2. The van der Waals surface area contributed by atoms with Gasteiger partial charge in [0.25, 0.3) is 0 Å². The van der Waals surface area contributed by atoms with Crippen molar-refractivity contribution in [2.45, 2.75) is 24.8 Å². The summed E-state index contributed by atoms with van der Waals surface area (Å²) >= 11 is 0. The zero-order valence-electron chi connectivity index (χ0n) is 11.4. The molecule has 0 aliphatic heterocycles. The summed E-state index contributed by atoms with van der Waals surface area (Å²) < 4.78 is 26.6. The highest BCUT2D eigenvalue weighted by Crippen LogP contribution is 2.16. The van der Waals surface area contributed by atoms with Gasteiger partial charge in [-0.1, -0.05) is 13.8 Å². The van der Waals surface area contributed by atoms with E-state index in [2.05, 4.69) is 14.7 Å². The summed E-state index contributed by atoms with van der Waals surface area (Å²) in [6.07, 6.45) is 0. The van der Waals surface area contributed by atoms with Crippen LogP contribution in [0.4, 0.5) is 0 Å². The first-order valence-electron chi connectivity index (χ1n) is 6.18. The number of fused-ring (bicyclic) bond motifs is 1. The molecular weight excluding hydrogens is 298 g/mol. The van der Waals surface area contributed by atoms with Gasteiger partial charge in [0.1, 0.15) is 6.04 Å². The van der Waals surface area contributed by atoms with E-state index in [1.165, 1.54) is 18.2 Å². The molecule has 2 aromatic rings. The van der Waals surface area contributed by atoms with Gasteiger partial charge < -0.3 is 15.1 Å². The van der Waals surface area contributed by atoms with Crippen LogP contribution in [-0.2, 0) is 14.8 Å². The fourth-order valence-corrected chi connectivity index (χ4v) is 3.25. The molecule has 0 amide bonds. The maximum absolute atomic E-state index is 12.2. The lowest BCUT2D eigenvalue weighted by molar-refractivity contribution is -0.140. The van der Waals surface area contributed by atoms with Gasteiger partial charge in [-0.2, -0.15) is 4.72 Å². The molecule has 0 bridgehead atoms. The fourth-order valence-electron chi connectivity index (χ4n) is 1.89. The highest BCUT2D eigenvalue weighted by molar-refractivity contribution is 7.89. The van der Waals surface area contributed by atoms with E-state index in [4.69, 9.17) is 5.11 Å². The average Bonchev–Trinajstić information content (AvgIpc) is 2.74. The number of sulfonamides is 1. The molecule has 0 saturated heterocycles. The van der Waals surface area contributed by atoms with Crippen molar-refractivity contribution in [3.63, 3.8) is 0 Å². The molecule has 0 saturated carbocycles. The number of aromatic amines is 2. The molecule has 0 spiro atoms. The smallest absolute Gasteiger partial charge is 0.323 e. The molecule has 0 fully saturated rings. The summed E-state index contributed by atoms with van der Waals surface area (Å²) in [5.74, 6) is -1.65. The van der Waals surface area contributed by atoms with E-state index in [-0.39, 0.29) is 4.90 Å². The standard InChI is InChI=1S/C12H15N3O5S/c1-6(2)10(11(16)17)15-21(19,20)7-3-4-8-9(5-7)14-12(18)13-8/h3-6,10,15H,1-2H3,(H,16,17)(H2,13,14,18). The molecule has 0 aliphatic carbocycles. The van der Waals surface area contributed by atoms with Gasteiger partial charge >= 0.3 is 11.7 Å². The second-order valence-corrected chi connectivity index (χ2v) is 6.68. The van der Waals surface area contributed by atoms with Crippen LogP contribution in [0, 0.1) is 5.92 Å². The topological polar surface area (TPSA) is 132 Å². The Morgan fingerprint density at radius 1 is 1.24 bits per heavy atom. The third-order valence-corrected chi connectivity index (χ3v) is 4.45. The third-order valence-electron chi connectivity index (χ3n) is 3.01. The second-order valence-electron chi connectivity index (χ2n) is 4.97. The number of carbonyl (C=O) groups is 1. The summed E-state index contributed by atoms with van der Waals surface area (Å²) in [5.41, 5.74) is 0.356. The number of aromatic nitrogens is 2. The molecule has 1 heterocycles. The quantitative estimate of drug-likeness (QED) is 0.628. The highest BCUT2D eigenvalue weighted by Gasteiger charge is 2.28. The minimum atomic E-state index is -4.00. The first kappa shape index (κ1) is 15.3. The maximum Gasteiger partial charge on any atom is 0.323 e. The lowest BCUT2D eigenvalue weighted by atomic mass is 10.1. The molecule has 9 heteroatoms. The van der Waals surface area contributed by atoms with E-state index in [0.717, 1.165) is 0 Å². The molecule has 114 valence electrons. The Hall–Kier alpha value is -2.13. The molecule has 1 aromatic heterocycles. The molecule has 2 rings (SSSR count). The van der Waals surface area contributed by atoms with Gasteiger partial charge in [-0.05, 0) is 24.1 Å².